The molecule has 1 amide bonds. The molecule has 1 heterocycles. The topological polar surface area (TPSA) is 76.1 Å². The highest BCUT2D eigenvalue weighted by molar-refractivity contribution is 6.36. The van der Waals surface area contributed by atoms with Gasteiger partial charge in [0.1, 0.15) is 17.8 Å². The standard InChI is InChI=1S/C23H24ClNO5/c1-14-10-11-16(24)17(12-14)25-20(26)19(15-8-6-5-7-9-15)18(13-29-4)30-21(25)23(2,3)22(27)28/h5-12,21H,13H2,1-4H3,(H,27,28). The van der Waals surface area contributed by atoms with Gasteiger partial charge >= 0.3 is 5.97 Å². The zero-order chi connectivity index (χ0) is 22.1. The number of aliphatic carboxylic acids is 1. The number of carbonyl (C=O) groups is 2. The van der Waals surface area contributed by atoms with Crippen molar-refractivity contribution in [3.8, 4) is 0 Å². The number of amides is 1. The normalized spacial score (nSPS) is 17.2. The van der Waals surface area contributed by atoms with Crippen LogP contribution >= 0.6 is 11.6 Å². The average Bonchev–Trinajstić information content (AvgIpc) is 2.70. The lowest BCUT2D eigenvalue weighted by Crippen LogP contribution is -2.56. The minimum Gasteiger partial charge on any atom is -0.481 e. The van der Waals surface area contributed by atoms with E-state index in [4.69, 9.17) is 21.1 Å². The molecule has 0 saturated carbocycles. The molecule has 1 unspecified atom stereocenters. The molecule has 0 bridgehead atoms. The molecule has 0 fully saturated rings. The molecule has 0 radical (unpaired) electrons. The molecule has 158 valence electrons. The highest BCUT2D eigenvalue weighted by Crippen LogP contribution is 2.42. The summed E-state index contributed by atoms with van der Waals surface area (Å²) < 4.78 is 11.4. The molecule has 0 spiro atoms. The molecule has 2 aromatic rings. The Hall–Kier alpha value is -2.83. The van der Waals surface area contributed by atoms with Crippen molar-refractivity contribution in [2.24, 2.45) is 5.41 Å². The van der Waals surface area contributed by atoms with E-state index >= 15 is 0 Å². The van der Waals surface area contributed by atoms with Crippen molar-refractivity contribution in [2.75, 3.05) is 18.6 Å². The SMILES string of the molecule is COCC1=C(c2ccccc2)C(=O)N(c2cc(C)ccc2Cl)C(C(C)(C)C(=O)O)O1. The number of nitrogens with zero attached hydrogens (tertiary/aromatic N) is 1. The van der Waals surface area contributed by atoms with Gasteiger partial charge in [0.2, 0.25) is 0 Å². The van der Waals surface area contributed by atoms with Gasteiger partial charge in [-0.05, 0) is 44.0 Å². The Morgan fingerprint density at radius 3 is 2.50 bits per heavy atom. The summed E-state index contributed by atoms with van der Waals surface area (Å²) in [7, 11) is 1.49. The number of anilines is 1. The first-order chi connectivity index (χ1) is 14.2. The summed E-state index contributed by atoms with van der Waals surface area (Å²) >= 11 is 6.44. The molecule has 2 aromatic carbocycles. The van der Waals surface area contributed by atoms with Crippen LogP contribution in [0.5, 0.6) is 0 Å². The second-order valence-corrected chi connectivity index (χ2v) is 8.13. The Balaban J connectivity index is 2.27. The maximum absolute atomic E-state index is 13.8. The van der Waals surface area contributed by atoms with Gasteiger partial charge in [-0.25, -0.2) is 0 Å². The Morgan fingerprint density at radius 1 is 1.23 bits per heavy atom. The molecule has 1 aliphatic heterocycles. The molecule has 0 aromatic heterocycles. The molecule has 7 heteroatoms. The number of hydrogen-bond acceptors (Lipinski definition) is 4. The fourth-order valence-corrected chi connectivity index (χ4v) is 3.55. The quantitative estimate of drug-likeness (QED) is 0.731. The van der Waals surface area contributed by atoms with Crippen LogP contribution < -0.4 is 4.90 Å². The zero-order valence-electron chi connectivity index (χ0n) is 17.3. The molecular weight excluding hydrogens is 406 g/mol. The van der Waals surface area contributed by atoms with Gasteiger partial charge in [-0.2, -0.15) is 0 Å². The minimum atomic E-state index is -1.43. The van der Waals surface area contributed by atoms with E-state index in [1.165, 1.54) is 25.9 Å². The lowest BCUT2D eigenvalue weighted by atomic mass is 9.87. The van der Waals surface area contributed by atoms with Crippen LogP contribution in [-0.2, 0) is 19.1 Å². The summed E-state index contributed by atoms with van der Waals surface area (Å²) in [5.74, 6) is -1.21. The number of ether oxygens (including phenoxy) is 2. The van der Waals surface area contributed by atoms with Gasteiger partial charge in [0.15, 0.2) is 6.23 Å². The molecule has 1 atom stereocenters. The third-order valence-corrected chi connectivity index (χ3v) is 5.39. The number of carboxylic acids is 1. The number of hydrogen-bond donors (Lipinski definition) is 1. The molecule has 1 N–H and O–H groups in total. The number of halogens is 1. The van der Waals surface area contributed by atoms with Gasteiger partial charge < -0.3 is 14.6 Å². The monoisotopic (exact) mass is 429 g/mol. The van der Waals surface area contributed by atoms with Gasteiger partial charge in [0.05, 0.1) is 16.3 Å². The minimum absolute atomic E-state index is 0.0254. The van der Waals surface area contributed by atoms with Gasteiger partial charge in [0, 0.05) is 7.11 Å². The maximum Gasteiger partial charge on any atom is 0.314 e. The van der Waals surface area contributed by atoms with Crippen LogP contribution in [-0.4, -0.2) is 36.9 Å². The Morgan fingerprint density at radius 2 is 1.90 bits per heavy atom. The van der Waals surface area contributed by atoms with Crippen LogP contribution in [0.1, 0.15) is 25.0 Å². The fraction of sp³-hybridized carbons (Fsp3) is 0.304. The van der Waals surface area contributed by atoms with Gasteiger partial charge in [-0.1, -0.05) is 48.0 Å². The number of aryl methyl sites for hydroxylation is 1. The summed E-state index contributed by atoms with van der Waals surface area (Å²) in [5, 5.41) is 10.2. The van der Waals surface area contributed by atoms with E-state index in [0.717, 1.165) is 5.56 Å². The van der Waals surface area contributed by atoms with E-state index in [1.807, 2.05) is 31.2 Å². The van der Waals surface area contributed by atoms with Crippen molar-refractivity contribution < 1.29 is 24.2 Å². The van der Waals surface area contributed by atoms with Crippen molar-refractivity contribution >= 4 is 34.7 Å². The van der Waals surface area contributed by atoms with E-state index in [0.29, 0.717) is 21.8 Å². The van der Waals surface area contributed by atoms with Crippen LogP contribution in [0, 0.1) is 12.3 Å². The summed E-state index contributed by atoms with van der Waals surface area (Å²) in [6.45, 7) is 4.93. The van der Waals surface area contributed by atoms with E-state index in [1.54, 1.807) is 24.3 Å². The molecular formula is C23H24ClNO5. The lowest BCUT2D eigenvalue weighted by Gasteiger charge is -2.43. The van der Waals surface area contributed by atoms with Crippen LogP contribution in [0.15, 0.2) is 54.3 Å². The predicted octanol–water partition coefficient (Wildman–Crippen LogP) is 4.51. The van der Waals surface area contributed by atoms with Crippen molar-refractivity contribution in [3.63, 3.8) is 0 Å². The summed E-state index contributed by atoms with van der Waals surface area (Å²) in [6, 6.07) is 14.3. The number of benzene rings is 2. The van der Waals surface area contributed by atoms with Crippen LogP contribution in [0.25, 0.3) is 5.57 Å². The molecule has 6 nitrogen and oxygen atoms in total. The fourth-order valence-electron chi connectivity index (χ4n) is 3.34. The molecule has 0 saturated heterocycles. The van der Waals surface area contributed by atoms with Crippen molar-refractivity contribution in [2.45, 2.75) is 27.0 Å². The maximum atomic E-state index is 13.8. The molecule has 30 heavy (non-hydrogen) atoms. The van der Waals surface area contributed by atoms with Crippen LogP contribution in [0.4, 0.5) is 5.69 Å². The van der Waals surface area contributed by atoms with E-state index in [9.17, 15) is 14.7 Å². The Labute approximate surface area is 180 Å². The second-order valence-electron chi connectivity index (χ2n) is 7.72. The number of carboxylic acid groups (broad SMARTS) is 1. The van der Waals surface area contributed by atoms with E-state index in [2.05, 4.69) is 0 Å². The second kappa shape index (κ2) is 8.50. The Bertz CT molecular complexity index is 1000. The van der Waals surface area contributed by atoms with Crippen molar-refractivity contribution in [1.82, 2.24) is 0 Å². The Kier molecular flexibility index (Phi) is 6.19. The van der Waals surface area contributed by atoms with Crippen molar-refractivity contribution in [1.29, 1.82) is 0 Å². The number of rotatable bonds is 6. The van der Waals surface area contributed by atoms with Crippen LogP contribution in [0.3, 0.4) is 0 Å². The highest BCUT2D eigenvalue weighted by atomic mass is 35.5. The molecule has 1 aliphatic rings. The first-order valence-electron chi connectivity index (χ1n) is 9.45. The third-order valence-electron chi connectivity index (χ3n) is 5.07. The highest BCUT2D eigenvalue weighted by Gasteiger charge is 2.49. The smallest absolute Gasteiger partial charge is 0.314 e. The number of methoxy groups -OCH3 is 1. The molecule has 3 rings (SSSR count). The van der Waals surface area contributed by atoms with Gasteiger partial charge in [-0.3, -0.25) is 14.5 Å². The predicted molar refractivity (Wildman–Crippen MR) is 115 cm³/mol. The molecule has 0 aliphatic carbocycles. The largest absolute Gasteiger partial charge is 0.481 e. The van der Waals surface area contributed by atoms with Crippen molar-refractivity contribution in [3.05, 3.63) is 70.4 Å². The average molecular weight is 430 g/mol. The zero-order valence-corrected chi connectivity index (χ0v) is 18.1. The van der Waals surface area contributed by atoms with E-state index in [-0.39, 0.29) is 12.4 Å². The lowest BCUT2D eigenvalue weighted by molar-refractivity contribution is -0.155. The van der Waals surface area contributed by atoms with Gasteiger partial charge in [0.25, 0.3) is 5.91 Å². The summed E-state index contributed by atoms with van der Waals surface area (Å²) in [6.07, 6.45) is -1.13. The van der Waals surface area contributed by atoms with E-state index < -0.39 is 23.5 Å². The summed E-state index contributed by atoms with van der Waals surface area (Å²) in [5.41, 5.74) is 0.805. The third kappa shape index (κ3) is 3.93. The summed E-state index contributed by atoms with van der Waals surface area (Å²) in [4.78, 5) is 27.2. The first kappa shape index (κ1) is 21.9. The first-order valence-corrected chi connectivity index (χ1v) is 9.83. The van der Waals surface area contributed by atoms with Crippen LogP contribution in [0.2, 0.25) is 5.02 Å². The van der Waals surface area contributed by atoms with Gasteiger partial charge in [-0.15, -0.1) is 0 Å². The number of carbonyl (C=O) groups excluding carboxylic acids is 1.